The van der Waals surface area contributed by atoms with Gasteiger partial charge in [0.2, 0.25) is 5.91 Å². The average Bonchev–Trinajstić information content (AvgIpc) is 3.12. The van der Waals surface area contributed by atoms with E-state index in [-0.39, 0.29) is 24.2 Å². The quantitative estimate of drug-likeness (QED) is 0.655. The van der Waals surface area contributed by atoms with Crippen molar-refractivity contribution >= 4 is 17.7 Å². The van der Waals surface area contributed by atoms with Crippen molar-refractivity contribution in [2.45, 2.75) is 64.9 Å². The molecule has 1 aromatic carbocycles. The number of hydrogen-bond donors (Lipinski definition) is 2. The van der Waals surface area contributed by atoms with Crippen molar-refractivity contribution in [2.75, 3.05) is 5.32 Å². The van der Waals surface area contributed by atoms with Crippen molar-refractivity contribution in [3.05, 3.63) is 36.0 Å². The molecule has 7 nitrogen and oxygen atoms in total. The second-order valence-electron chi connectivity index (χ2n) is 8.82. The normalized spacial score (nSPS) is 21.8. The van der Waals surface area contributed by atoms with E-state index in [1.165, 1.54) is 6.92 Å². The zero-order valence-corrected chi connectivity index (χ0v) is 18.4. The molecular weight excluding hydrogens is 425 g/mol. The first kappa shape index (κ1) is 23.6. The Morgan fingerprint density at radius 3 is 2.69 bits per heavy atom. The molecule has 10 heteroatoms. The number of nitrogens with one attached hydrogen (secondary N) is 2. The number of fused-ring (bicyclic) bond motifs is 4. The highest BCUT2D eigenvalue weighted by Crippen LogP contribution is 2.35. The topological polar surface area (TPSA) is 85.3 Å². The van der Waals surface area contributed by atoms with Crippen LogP contribution in [0.25, 0.3) is 11.3 Å². The van der Waals surface area contributed by atoms with Crippen molar-refractivity contribution in [3.8, 4) is 11.3 Å². The van der Waals surface area contributed by atoms with Crippen LogP contribution in [-0.4, -0.2) is 33.6 Å². The summed E-state index contributed by atoms with van der Waals surface area (Å²) in [6, 6.07) is 5.93. The summed E-state index contributed by atoms with van der Waals surface area (Å²) in [6.45, 7) is 3.64. The number of ether oxygens (including phenoxy) is 1. The molecule has 0 radical (unpaired) electrons. The Bertz CT molecular complexity index is 987. The van der Waals surface area contributed by atoms with Gasteiger partial charge < -0.3 is 15.4 Å². The molecule has 1 aliphatic rings. The molecule has 0 saturated carbocycles. The number of carbonyl (C=O) groups is 2. The fourth-order valence-corrected chi connectivity index (χ4v) is 3.55. The molecule has 0 saturated heterocycles. The predicted molar refractivity (Wildman–Crippen MR) is 113 cm³/mol. The molecule has 2 amide bonds. The Balaban J connectivity index is 2.07. The molecule has 2 heterocycles. The van der Waals surface area contributed by atoms with Crippen molar-refractivity contribution in [2.24, 2.45) is 5.92 Å². The maximum atomic E-state index is 14.8. The standard InChI is InChI=1S/C22H27F3N4O3/c1-12-15(23)8-9-16(28-21(31)32-22(2,3)4)13-6-5-7-14(10-13)18-17(27-19(12)30)11-26-29(18)20(24)25/h5-7,10-12,15-16,20H,8-9H2,1-4H3,(H,27,30)(H,28,31)/t12-,15?,16-/m0/s1. The van der Waals surface area contributed by atoms with Gasteiger partial charge in [-0.05, 0) is 45.2 Å². The summed E-state index contributed by atoms with van der Waals surface area (Å²) in [5.41, 5.74) is 0.286. The number of nitrogens with zero attached hydrogens (tertiary/aromatic N) is 2. The number of rotatable bonds is 2. The highest BCUT2D eigenvalue weighted by molar-refractivity contribution is 5.96. The maximum absolute atomic E-state index is 14.8. The monoisotopic (exact) mass is 452 g/mol. The predicted octanol–water partition coefficient (Wildman–Crippen LogP) is 5.22. The molecule has 3 atom stereocenters. The largest absolute Gasteiger partial charge is 0.444 e. The number of carbonyl (C=O) groups excluding carboxylic acids is 2. The zero-order chi connectivity index (χ0) is 23.6. The van der Waals surface area contributed by atoms with Crippen LogP contribution >= 0.6 is 0 Å². The lowest BCUT2D eigenvalue weighted by Gasteiger charge is -2.26. The third kappa shape index (κ3) is 5.41. The third-order valence-corrected chi connectivity index (χ3v) is 5.18. The van der Waals surface area contributed by atoms with Crippen molar-refractivity contribution in [3.63, 3.8) is 0 Å². The number of alkyl carbamates (subject to hydrolysis) is 1. The Morgan fingerprint density at radius 1 is 1.31 bits per heavy atom. The van der Waals surface area contributed by atoms with E-state index in [0.29, 0.717) is 15.8 Å². The van der Waals surface area contributed by atoms with Gasteiger partial charge in [0.25, 0.3) is 0 Å². The van der Waals surface area contributed by atoms with E-state index >= 15 is 0 Å². The molecule has 3 rings (SSSR count). The van der Waals surface area contributed by atoms with E-state index in [2.05, 4.69) is 15.7 Å². The van der Waals surface area contributed by atoms with Crippen LogP contribution in [0.3, 0.4) is 0 Å². The molecule has 1 aliphatic heterocycles. The fourth-order valence-electron chi connectivity index (χ4n) is 3.55. The first-order valence-corrected chi connectivity index (χ1v) is 10.4. The van der Waals surface area contributed by atoms with Gasteiger partial charge in [0.05, 0.1) is 29.5 Å². The van der Waals surface area contributed by atoms with Gasteiger partial charge in [-0.1, -0.05) is 25.1 Å². The molecular formula is C22H27F3N4O3. The molecule has 1 aromatic heterocycles. The lowest BCUT2D eigenvalue weighted by Crippen LogP contribution is -2.36. The van der Waals surface area contributed by atoms with Crippen LogP contribution < -0.4 is 10.6 Å². The summed E-state index contributed by atoms with van der Waals surface area (Å²) in [5.74, 6) is -1.67. The smallest absolute Gasteiger partial charge is 0.408 e. The molecule has 0 fully saturated rings. The summed E-state index contributed by atoms with van der Waals surface area (Å²) in [6.07, 6.45) is -0.882. The molecule has 0 spiro atoms. The molecule has 2 aromatic rings. The Kier molecular flexibility index (Phi) is 6.80. The molecule has 32 heavy (non-hydrogen) atoms. The van der Waals surface area contributed by atoms with E-state index in [9.17, 15) is 22.8 Å². The maximum Gasteiger partial charge on any atom is 0.408 e. The van der Waals surface area contributed by atoms with Gasteiger partial charge in [0, 0.05) is 5.56 Å². The molecule has 2 N–H and O–H groups in total. The van der Waals surface area contributed by atoms with Crippen LogP contribution in [0.5, 0.6) is 0 Å². The lowest BCUT2D eigenvalue weighted by atomic mass is 9.93. The highest BCUT2D eigenvalue weighted by atomic mass is 19.3. The van der Waals surface area contributed by atoms with Crippen molar-refractivity contribution in [1.29, 1.82) is 0 Å². The minimum atomic E-state index is -2.95. The SMILES string of the molecule is C[C@@H]1C(=O)Nc2cnn(C(F)F)c2-c2cccc(c2)[C@@H](NC(=O)OC(C)(C)C)CCC1F. The summed E-state index contributed by atoms with van der Waals surface area (Å²) in [7, 11) is 0. The first-order valence-electron chi connectivity index (χ1n) is 10.4. The number of anilines is 1. The molecule has 1 unspecified atom stereocenters. The second-order valence-corrected chi connectivity index (χ2v) is 8.82. The number of aromatic nitrogens is 2. The number of alkyl halides is 3. The lowest BCUT2D eigenvalue weighted by molar-refractivity contribution is -0.121. The van der Waals surface area contributed by atoms with E-state index in [4.69, 9.17) is 4.74 Å². The van der Waals surface area contributed by atoms with Crippen LogP contribution in [0.2, 0.25) is 0 Å². The van der Waals surface area contributed by atoms with E-state index in [0.717, 1.165) is 6.20 Å². The van der Waals surface area contributed by atoms with Gasteiger partial charge in [-0.3, -0.25) is 4.79 Å². The number of benzene rings is 1. The van der Waals surface area contributed by atoms with Crippen LogP contribution in [0, 0.1) is 5.92 Å². The molecule has 174 valence electrons. The van der Waals surface area contributed by atoms with Gasteiger partial charge in [-0.2, -0.15) is 13.9 Å². The number of hydrogen-bond acceptors (Lipinski definition) is 4. The van der Waals surface area contributed by atoms with Crippen LogP contribution in [0.15, 0.2) is 30.5 Å². The molecule has 2 bridgehead atoms. The Hall–Kier alpha value is -3.04. The van der Waals surface area contributed by atoms with Gasteiger partial charge in [-0.15, -0.1) is 0 Å². The Labute approximate surface area is 184 Å². The number of halogens is 3. The van der Waals surface area contributed by atoms with E-state index in [1.54, 1.807) is 45.0 Å². The van der Waals surface area contributed by atoms with Crippen LogP contribution in [0.4, 0.5) is 23.7 Å². The summed E-state index contributed by atoms with van der Waals surface area (Å²) in [5, 5.41) is 8.96. The average molecular weight is 452 g/mol. The van der Waals surface area contributed by atoms with E-state index in [1.807, 2.05) is 0 Å². The van der Waals surface area contributed by atoms with Crippen molar-refractivity contribution in [1.82, 2.24) is 15.1 Å². The third-order valence-electron chi connectivity index (χ3n) is 5.18. The van der Waals surface area contributed by atoms with Crippen LogP contribution in [-0.2, 0) is 9.53 Å². The number of amides is 2. The molecule has 0 aliphatic carbocycles. The minimum absolute atomic E-state index is 0.00241. The zero-order valence-electron chi connectivity index (χ0n) is 18.4. The summed E-state index contributed by atoms with van der Waals surface area (Å²) < 4.78 is 47.9. The summed E-state index contributed by atoms with van der Waals surface area (Å²) in [4.78, 5) is 24.9. The Morgan fingerprint density at radius 2 is 2.03 bits per heavy atom. The fraction of sp³-hybridized carbons (Fsp3) is 0.500. The second kappa shape index (κ2) is 9.22. The van der Waals surface area contributed by atoms with Gasteiger partial charge in [0.15, 0.2) is 0 Å². The van der Waals surface area contributed by atoms with Crippen LogP contribution in [0.1, 0.15) is 58.7 Å². The van der Waals surface area contributed by atoms with Crippen molar-refractivity contribution < 1.29 is 27.5 Å². The first-order chi connectivity index (χ1) is 15.0. The van der Waals surface area contributed by atoms with Gasteiger partial charge in [-0.25, -0.2) is 13.9 Å². The van der Waals surface area contributed by atoms with Gasteiger partial charge in [0.1, 0.15) is 11.8 Å². The highest BCUT2D eigenvalue weighted by Gasteiger charge is 2.30. The van der Waals surface area contributed by atoms with Gasteiger partial charge >= 0.3 is 12.6 Å². The summed E-state index contributed by atoms with van der Waals surface area (Å²) >= 11 is 0. The van der Waals surface area contributed by atoms with E-state index < -0.39 is 42.3 Å². The minimum Gasteiger partial charge on any atom is -0.444 e.